The Morgan fingerprint density at radius 1 is 0.969 bits per heavy atom. The van der Waals surface area contributed by atoms with Crippen LogP contribution in [0.1, 0.15) is 27.2 Å². The van der Waals surface area contributed by atoms with Gasteiger partial charge in [-0.1, -0.05) is 66.2 Å². The summed E-state index contributed by atoms with van der Waals surface area (Å²) in [5.74, 6) is 0.292. The Bertz CT molecular complexity index is 1200. The highest BCUT2D eigenvalue weighted by molar-refractivity contribution is 6.30. The van der Waals surface area contributed by atoms with Crippen molar-refractivity contribution < 1.29 is 9.53 Å². The van der Waals surface area contributed by atoms with E-state index in [4.69, 9.17) is 16.3 Å². The second kappa shape index (κ2) is 10.4. The number of aromatic nitrogens is 2. The molecule has 0 fully saturated rings. The van der Waals surface area contributed by atoms with Crippen molar-refractivity contribution in [3.05, 3.63) is 119 Å². The summed E-state index contributed by atoms with van der Waals surface area (Å²) in [6.45, 7) is 0.989. The predicted octanol–water partition coefficient (Wildman–Crippen LogP) is 4.93. The Morgan fingerprint density at radius 3 is 2.53 bits per heavy atom. The van der Waals surface area contributed by atoms with Gasteiger partial charge in [-0.2, -0.15) is 10.2 Å². The second-order valence-corrected chi connectivity index (χ2v) is 7.47. The number of ether oxygens (including phenoxy) is 1. The summed E-state index contributed by atoms with van der Waals surface area (Å²) in [4.78, 5) is 12.4. The lowest BCUT2D eigenvalue weighted by molar-refractivity contribution is 0.0949. The van der Waals surface area contributed by atoms with Crippen LogP contribution < -0.4 is 10.2 Å². The molecule has 0 radical (unpaired) electrons. The van der Waals surface area contributed by atoms with Crippen molar-refractivity contribution >= 4 is 23.7 Å². The van der Waals surface area contributed by atoms with Crippen LogP contribution in [0.5, 0.6) is 5.75 Å². The van der Waals surface area contributed by atoms with Crippen molar-refractivity contribution in [3.63, 3.8) is 0 Å². The molecule has 0 aliphatic heterocycles. The number of para-hydroxylation sites is 1. The molecule has 0 spiro atoms. The third-order valence-corrected chi connectivity index (χ3v) is 4.91. The lowest BCUT2D eigenvalue weighted by atomic mass is 10.2. The largest absolute Gasteiger partial charge is 0.488 e. The van der Waals surface area contributed by atoms with Gasteiger partial charge >= 0.3 is 0 Å². The minimum atomic E-state index is -0.390. The van der Waals surface area contributed by atoms with Crippen LogP contribution in [0.4, 0.5) is 0 Å². The predicted molar refractivity (Wildman–Crippen MR) is 125 cm³/mol. The fourth-order valence-electron chi connectivity index (χ4n) is 3.02. The minimum Gasteiger partial charge on any atom is -0.488 e. The van der Waals surface area contributed by atoms with Gasteiger partial charge in [0.1, 0.15) is 12.4 Å². The number of hydrogen-bond donors (Lipinski definition) is 1. The number of hydrogen-bond acceptors (Lipinski definition) is 4. The molecule has 3 aromatic carbocycles. The quantitative estimate of drug-likeness (QED) is 0.309. The van der Waals surface area contributed by atoms with Gasteiger partial charge < -0.3 is 4.74 Å². The SMILES string of the molecule is O=C(NN=Cc1ccccc1OCc1ccccc1)c1ccn(Cc2ccc(Cl)cc2)n1. The average molecular weight is 445 g/mol. The first-order chi connectivity index (χ1) is 15.7. The molecule has 0 aliphatic carbocycles. The van der Waals surface area contributed by atoms with Gasteiger partial charge in [0.05, 0.1) is 12.8 Å². The summed E-state index contributed by atoms with van der Waals surface area (Å²) < 4.78 is 7.59. The van der Waals surface area contributed by atoms with Crippen LogP contribution in [0.25, 0.3) is 0 Å². The number of carbonyl (C=O) groups excluding carboxylic acids is 1. The normalized spacial score (nSPS) is 10.9. The average Bonchev–Trinajstić information content (AvgIpc) is 3.29. The molecule has 0 atom stereocenters. The topological polar surface area (TPSA) is 68.5 Å². The smallest absolute Gasteiger partial charge is 0.291 e. The van der Waals surface area contributed by atoms with Gasteiger partial charge in [0, 0.05) is 16.8 Å². The van der Waals surface area contributed by atoms with E-state index >= 15 is 0 Å². The first-order valence-corrected chi connectivity index (χ1v) is 10.4. The Hall–Kier alpha value is -3.90. The first-order valence-electron chi connectivity index (χ1n) is 10.0. The summed E-state index contributed by atoms with van der Waals surface area (Å²) in [6, 6.07) is 26.6. The molecule has 6 nitrogen and oxygen atoms in total. The maximum Gasteiger partial charge on any atom is 0.291 e. The summed E-state index contributed by atoms with van der Waals surface area (Å²) in [5.41, 5.74) is 5.67. The van der Waals surface area contributed by atoms with Crippen molar-refractivity contribution in [2.75, 3.05) is 0 Å². The molecular weight excluding hydrogens is 424 g/mol. The van der Waals surface area contributed by atoms with Crippen LogP contribution in [-0.2, 0) is 13.2 Å². The van der Waals surface area contributed by atoms with Gasteiger partial charge in [-0.15, -0.1) is 0 Å². The zero-order valence-corrected chi connectivity index (χ0v) is 17.9. The molecular formula is C25H21ClN4O2. The Kier molecular flexibility index (Phi) is 6.94. The minimum absolute atomic E-state index is 0.282. The number of amides is 1. The highest BCUT2D eigenvalue weighted by Gasteiger charge is 2.09. The van der Waals surface area contributed by atoms with Gasteiger partial charge in [0.2, 0.25) is 0 Å². The molecule has 160 valence electrons. The number of halogens is 1. The maximum absolute atomic E-state index is 12.4. The van der Waals surface area contributed by atoms with Crippen LogP contribution in [-0.4, -0.2) is 21.9 Å². The first kappa shape index (κ1) is 21.3. The fraction of sp³-hybridized carbons (Fsp3) is 0.0800. The Labute approximate surface area is 191 Å². The third kappa shape index (κ3) is 5.83. The number of nitrogens with one attached hydrogen (secondary N) is 1. The number of benzene rings is 3. The van der Waals surface area contributed by atoms with E-state index in [-0.39, 0.29) is 5.69 Å². The maximum atomic E-state index is 12.4. The lowest BCUT2D eigenvalue weighted by Crippen LogP contribution is -2.18. The van der Waals surface area contributed by atoms with Gasteiger partial charge in [0.25, 0.3) is 5.91 Å². The van der Waals surface area contributed by atoms with Crippen molar-refractivity contribution in [1.29, 1.82) is 0 Å². The van der Waals surface area contributed by atoms with E-state index in [9.17, 15) is 4.79 Å². The fourth-order valence-corrected chi connectivity index (χ4v) is 3.15. The molecule has 1 heterocycles. The van der Waals surface area contributed by atoms with Crippen molar-refractivity contribution in [3.8, 4) is 5.75 Å². The summed E-state index contributed by atoms with van der Waals surface area (Å²) in [5, 5.41) is 9.06. The lowest BCUT2D eigenvalue weighted by Gasteiger charge is -2.08. The van der Waals surface area contributed by atoms with Gasteiger partial charge in [-0.3, -0.25) is 9.48 Å². The highest BCUT2D eigenvalue weighted by atomic mass is 35.5. The number of rotatable bonds is 8. The van der Waals surface area contributed by atoms with Gasteiger partial charge in [-0.05, 0) is 41.5 Å². The van der Waals surface area contributed by atoms with Gasteiger partial charge in [0.15, 0.2) is 5.69 Å². The highest BCUT2D eigenvalue weighted by Crippen LogP contribution is 2.17. The molecule has 32 heavy (non-hydrogen) atoms. The number of carbonyl (C=O) groups is 1. The zero-order valence-electron chi connectivity index (χ0n) is 17.2. The summed E-state index contributed by atoms with van der Waals surface area (Å²) in [6.07, 6.45) is 3.31. The molecule has 1 N–H and O–H groups in total. The molecule has 1 aromatic heterocycles. The summed E-state index contributed by atoms with van der Waals surface area (Å²) in [7, 11) is 0. The Morgan fingerprint density at radius 2 is 1.72 bits per heavy atom. The number of hydrazone groups is 1. The van der Waals surface area contributed by atoms with Crippen LogP contribution in [0, 0.1) is 0 Å². The zero-order chi connectivity index (χ0) is 22.2. The van der Waals surface area contributed by atoms with Crippen LogP contribution >= 0.6 is 11.6 Å². The van der Waals surface area contributed by atoms with E-state index in [1.165, 1.54) is 0 Å². The van der Waals surface area contributed by atoms with Crippen molar-refractivity contribution in [1.82, 2.24) is 15.2 Å². The van der Waals surface area contributed by atoms with Crippen LogP contribution in [0.3, 0.4) is 0 Å². The van der Waals surface area contributed by atoms with E-state index in [1.54, 1.807) is 23.2 Å². The molecule has 0 aliphatic rings. The second-order valence-electron chi connectivity index (χ2n) is 7.04. The monoisotopic (exact) mass is 444 g/mol. The van der Waals surface area contributed by atoms with E-state index in [0.29, 0.717) is 23.9 Å². The van der Waals surface area contributed by atoms with Crippen LogP contribution in [0.2, 0.25) is 5.02 Å². The van der Waals surface area contributed by atoms with E-state index in [1.807, 2.05) is 78.9 Å². The van der Waals surface area contributed by atoms with Crippen molar-refractivity contribution in [2.45, 2.75) is 13.2 Å². The molecule has 0 saturated carbocycles. The van der Waals surface area contributed by atoms with E-state index in [2.05, 4.69) is 15.6 Å². The molecule has 0 unspecified atom stereocenters. The van der Waals surface area contributed by atoms with E-state index < -0.39 is 5.91 Å². The molecule has 4 aromatic rings. The molecule has 0 bridgehead atoms. The van der Waals surface area contributed by atoms with Crippen molar-refractivity contribution in [2.24, 2.45) is 5.10 Å². The molecule has 7 heteroatoms. The molecule has 0 saturated heterocycles. The van der Waals surface area contributed by atoms with E-state index in [0.717, 1.165) is 16.7 Å². The number of nitrogens with zero attached hydrogens (tertiary/aromatic N) is 3. The van der Waals surface area contributed by atoms with Crippen LogP contribution in [0.15, 0.2) is 96.2 Å². The standard InChI is InChI=1S/C25H21ClN4O2/c26-22-12-10-19(11-13-22)17-30-15-14-23(29-30)25(31)28-27-16-21-8-4-5-9-24(21)32-18-20-6-2-1-3-7-20/h1-16H,17-18H2,(H,28,31). The molecule has 4 rings (SSSR count). The molecule has 1 amide bonds. The summed E-state index contributed by atoms with van der Waals surface area (Å²) >= 11 is 5.91. The Balaban J connectivity index is 1.34. The third-order valence-electron chi connectivity index (χ3n) is 4.66. The van der Waals surface area contributed by atoms with Gasteiger partial charge in [-0.25, -0.2) is 5.43 Å².